The van der Waals surface area contributed by atoms with Gasteiger partial charge in [0.15, 0.2) is 0 Å². The number of ether oxygens (including phenoxy) is 2. The third kappa shape index (κ3) is 7.02. The second-order valence-electron chi connectivity index (χ2n) is 3.37. The molecule has 5 heteroatoms. The Morgan fingerprint density at radius 1 is 1.27 bits per heavy atom. The third-order valence-corrected chi connectivity index (χ3v) is 3.97. The van der Waals surface area contributed by atoms with E-state index in [1.165, 1.54) is 0 Å². The topological polar surface area (TPSA) is 40.2 Å². The molecule has 1 aliphatic heterocycles. The first kappa shape index (κ1) is 13.1. The van der Waals surface area contributed by atoms with Crippen LogP contribution in [-0.2, 0) is 18.3 Å². The molecule has 1 heterocycles. The predicted molar refractivity (Wildman–Crippen MR) is 59.0 cm³/mol. The van der Waals surface area contributed by atoms with Gasteiger partial charge in [0.05, 0.1) is 13.2 Å². The van der Waals surface area contributed by atoms with E-state index >= 15 is 0 Å². The van der Waals surface area contributed by atoms with Gasteiger partial charge in [-0.05, 0) is 26.3 Å². The number of rotatable bonds is 10. The Morgan fingerprint density at radius 3 is 2.47 bits per heavy atom. The molecule has 0 saturated carbocycles. The molecule has 15 heavy (non-hydrogen) atoms. The van der Waals surface area contributed by atoms with Crippen molar-refractivity contribution in [3.63, 3.8) is 0 Å². The molecule has 1 fully saturated rings. The molecule has 1 atom stereocenters. The van der Waals surface area contributed by atoms with Gasteiger partial charge in [-0.1, -0.05) is 0 Å². The van der Waals surface area contributed by atoms with Gasteiger partial charge in [0.1, 0.15) is 6.10 Å². The van der Waals surface area contributed by atoms with Crippen molar-refractivity contribution < 1.29 is 18.3 Å². The Hall–Kier alpha value is 0.0569. The fourth-order valence-electron chi connectivity index (χ4n) is 1.21. The van der Waals surface area contributed by atoms with E-state index < -0.39 is 9.28 Å². The zero-order valence-electron chi connectivity index (χ0n) is 9.66. The van der Waals surface area contributed by atoms with Crippen molar-refractivity contribution in [2.24, 2.45) is 0 Å². The minimum atomic E-state index is -1.04. The van der Waals surface area contributed by atoms with E-state index in [0.29, 0.717) is 6.10 Å². The van der Waals surface area contributed by atoms with Gasteiger partial charge in [-0.3, -0.25) is 0 Å². The Labute approximate surface area is 93.7 Å². The molecule has 1 saturated heterocycles. The highest BCUT2D eigenvalue weighted by atomic mass is 28.3. The highest BCUT2D eigenvalue weighted by Crippen LogP contribution is 2.09. The quantitative estimate of drug-likeness (QED) is 0.324. The van der Waals surface area contributed by atoms with Crippen LogP contribution in [0, 0.1) is 0 Å². The molecule has 0 aromatic carbocycles. The Kier molecular flexibility index (Phi) is 7.21. The zero-order valence-corrected chi connectivity index (χ0v) is 10.7. The lowest BCUT2D eigenvalue weighted by atomic mass is 10.5. The molecule has 0 bridgehead atoms. The minimum absolute atomic E-state index is 0.369. The average Bonchev–Trinajstić information content (AvgIpc) is 3.02. The fourth-order valence-corrected chi connectivity index (χ4v) is 2.65. The molecular formula is C10H21O4Si. The van der Waals surface area contributed by atoms with Gasteiger partial charge in [0, 0.05) is 19.8 Å². The molecule has 4 nitrogen and oxygen atoms in total. The third-order valence-electron chi connectivity index (χ3n) is 1.99. The summed E-state index contributed by atoms with van der Waals surface area (Å²) in [5, 5.41) is 0. The van der Waals surface area contributed by atoms with Gasteiger partial charge in [-0.2, -0.15) is 0 Å². The molecule has 0 aliphatic carbocycles. The van der Waals surface area contributed by atoms with E-state index in [1.54, 1.807) is 0 Å². The molecule has 0 amide bonds. The maximum absolute atomic E-state index is 5.52. The number of epoxide rings is 1. The standard InChI is InChI=1S/C10H21O4Si/c1-3-13-15(14-4-2)7-5-6-11-8-10-9-12-10/h10H,3-9H2,1-2H3. The summed E-state index contributed by atoms with van der Waals surface area (Å²) in [6, 6.07) is 0.998. The summed E-state index contributed by atoms with van der Waals surface area (Å²) in [5.74, 6) is 0. The van der Waals surface area contributed by atoms with Crippen molar-refractivity contribution in [2.75, 3.05) is 33.0 Å². The molecule has 0 aromatic heterocycles. The molecule has 1 radical (unpaired) electrons. The van der Waals surface area contributed by atoms with E-state index in [2.05, 4.69) is 0 Å². The fraction of sp³-hybridized carbons (Fsp3) is 1.00. The van der Waals surface area contributed by atoms with Gasteiger partial charge < -0.3 is 18.3 Å². The van der Waals surface area contributed by atoms with Crippen molar-refractivity contribution in [2.45, 2.75) is 32.4 Å². The normalized spacial score (nSPS) is 19.8. The van der Waals surface area contributed by atoms with E-state index in [1.807, 2.05) is 13.8 Å². The molecule has 1 rings (SSSR count). The average molecular weight is 233 g/mol. The molecule has 1 unspecified atom stereocenters. The molecule has 0 spiro atoms. The van der Waals surface area contributed by atoms with E-state index in [4.69, 9.17) is 18.3 Å². The Bertz CT molecular complexity index is 146. The van der Waals surface area contributed by atoms with Crippen molar-refractivity contribution in [3.05, 3.63) is 0 Å². The van der Waals surface area contributed by atoms with Crippen LogP contribution in [0.2, 0.25) is 6.04 Å². The highest BCUT2D eigenvalue weighted by Gasteiger charge is 2.22. The van der Waals surface area contributed by atoms with Crippen LogP contribution in [0.4, 0.5) is 0 Å². The molecule has 0 aromatic rings. The second-order valence-corrected chi connectivity index (χ2v) is 5.19. The lowest BCUT2D eigenvalue weighted by Crippen LogP contribution is -2.23. The van der Waals surface area contributed by atoms with E-state index in [-0.39, 0.29) is 0 Å². The van der Waals surface area contributed by atoms with Crippen molar-refractivity contribution in [1.29, 1.82) is 0 Å². The van der Waals surface area contributed by atoms with Crippen LogP contribution in [0.1, 0.15) is 20.3 Å². The van der Waals surface area contributed by atoms with Crippen LogP contribution < -0.4 is 0 Å². The molecule has 89 valence electrons. The van der Waals surface area contributed by atoms with Gasteiger partial charge in [-0.15, -0.1) is 0 Å². The van der Waals surface area contributed by atoms with Gasteiger partial charge >= 0.3 is 9.28 Å². The van der Waals surface area contributed by atoms with Crippen LogP contribution in [0.15, 0.2) is 0 Å². The summed E-state index contributed by atoms with van der Waals surface area (Å²) in [6.07, 6.45) is 1.38. The highest BCUT2D eigenvalue weighted by molar-refractivity contribution is 6.44. The van der Waals surface area contributed by atoms with Crippen LogP contribution in [0.3, 0.4) is 0 Å². The summed E-state index contributed by atoms with van der Waals surface area (Å²) in [5.41, 5.74) is 0. The number of hydrogen-bond acceptors (Lipinski definition) is 4. The van der Waals surface area contributed by atoms with Crippen LogP contribution in [0.5, 0.6) is 0 Å². The largest absolute Gasteiger partial charge is 0.394 e. The van der Waals surface area contributed by atoms with Gasteiger partial charge in [0.2, 0.25) is 0 Å². The maximum atomic E-state index is 5.52. The summed E-state index contributed by atoms with van der Waals surface area (Å²) < 4.78 is 21.5. The lowest BCUT2D eigenvalue weighted by Gasteiger charge is -2.12. The van der Waals surface area contributed by atoms with E-state index in [9.17, 15) is 0 Å². The van der Waals surface area contributed by atoms with Crippen LogP contribution >= 0.6 is 0 Å². The molecular weight excluding hydrogens is 212 g/mol. The van der Waals surface area contributed by atoms with Crippen molar-refractivity contribution in [1.82, 2.24) is 0 Å². The zero-order chi connectivity index (χ0) is 10.9. The summed E-state index contributed by atoms with van der Waals surface area (Å²) in [6.45, 7) is 7.89. The minimum Gasteiger partial charge on any atom is -0.394 e. The second kappa shape index (κ2) is 8.24. The molecule has 0 N–H and O–H groups in total. The van der Waals surface area contributed by atoms with E-state index in [0.717, 1.165) is 45.5 Å². The predicted octanol–water partition coefficient (Wildman–Crippen LogP) is 1.35. The monoisotopic (exact) mass is 233 g/mol. The molecule has 1 aliphatic rings. The summed E-state index contributed by atoms with van der Waals surface area (Å²) >= 11 is 0. The number of hydrogen-bond donors (Lipinski definition) is 0. The lowest BCUT2D eigenvalue weighted by molar-refractivity contribution is 0.114. The van der Waals surface area contributed by atoms with Gasteiger partial charge in [-0.25, -0.2) is 0 Å². The summed E-state index contributed by atoms with van der Waals surface area (Å²) in [7, 11) is -1.04. The first-order chi connectivity index (χ1) is 7.36. The summed E-state index contributed by atoms with van der Waals surface area (Å²) in [4.78, 5) is 0. The first-order valence-corrected chi connectivity index (χ1v) is 7.20. The van der Waals surface area contributed by atoms with Gasteiger partial charge in [0.25, 0.3) is 0 Å². The van der Waals surface area contributed by atoms with Crippen molar-refractivity contribution in [3.8, 4) is 0 Å². The first-order valence-electron chi connectivity index (χ1n) is 5.67. The Balaban J connectivity index is 1.89. The maximum Gasteiger partial charge on any atom is 0.384 e. The van der Waals surface area contributed by atoms with Crippen LogP contribution in [-0.4, -0.2) is 48.4 Å². The SMILES string of the molecule is CCO[Si](CCCOCC1CO1)OCC. The smallest absolute Gasteiger partial charge is 0.384 e. The van der Waals surface area contributed by atoms with Crippen molar-refractivity contribution >= 4 is 9.28 Å². The Morgan fingerprint density at radius 2 is 1.93 bits per heavy atom. The van der Waals surface area contributed by atoms with Crippen LogP contribution in [0.25, 0.3) is 0 Å².